The topological polar surface area (TPSA) is 84.7 Å². The Morgan fingerprint density at radius 3 is 2.97 bits per heavy atom. The highest BCUT2D eigenvalue weighted by Crippen LogP contribution is 2.50. The van der Waals surface area contributed by atoms with Gasteiger partial charge in [-0.25, -0.2) is 14.2 Å². The van der Waals surface area contributed by atoms with Gasteiger partial charge in [-0.1, -0.05) is 18.2 Å². The Balaban J connectivity index is 1.18. The molecule has 4 aromatic rings. The van der Waals surface area contributed by atoms with E-state index in [2.05, 4.69) is 10.3 Å². The van der Waals surface area contributed by atoms with Crippen molar-refractivity contribution < 1.29 is 23.1 Å². The quantitative estimate of drug-likeness (QED) is 0.412. The number of ether oxygens (including phenoxy) is 1. The van der Waals surface area contributed by atoms with Crippen LogP contribution in [0.15, 0.2) is 59.2 Å². The van der Waals surface area contributed by atoms with Crippen molar-refractivity contribution in [3.8, 4) is 16.2 Å². The Morgan fingerprint density at radius 2 is 2.11 bits per heavy atom. The number of aryl methyl sites for hydroxylation is 1. The van der Waals surface area contributed by atoms with Gasteiger partial charge in [-0.15, -0.1) is 11.3 Å². The van der Waals surface area contributed by atoms with Crippen molar-refractivity contribution in [3.05, 3.63) is 71.3 Å². The maximum Gasteiger partial charge on any atom is 0.412 e. The first kappa shape index (κ1) is 21.8. The monoisotopic (exact) mass is 491 g/mol. The summed E-state index contributed by atoms with van der Waals surface area (Å²) in [7, 11) is 0. The predicted octanol–water partition coefficient (Wildman–Crippen LogP) is 5.25. The number of rotatable bonds is 5. The zero-order valence-corrected chi connectivity index (χ0v) is 19.7. The minimum atomic E-state index is -0.583. The highest BCUT2D eigenvalue weighted by molar-refractivity contribution is 7.15. The molecule has 0 unspecified atom stereocenters. The van der Waals surface area contributed by atoms with Gasteiger partial charge < -0.3 is 19.4 Å². The van der Waals surface area contributed by atoms with Crippen LogP contribution in [0.25, 0.3) is 21.4 Å². The lowest BCUT2D eigenvalue weighted by Crippen LogP contribution is -2.46. The molecule has 2 fully saturated rings. The van der Waals surface area contributed by atoms with Gasteiger partial charge >= 0.3 is 6.09 Å². The van der Waals surface area contributed by atoms with Crippen LogP contribution in [0, 0.1) is 24.6 Å². The number of fused-ring (bicyclic) bond motifs is 2. The summed E-state index contributed by atoms with van der Waals surface area (Å²) in [6.45, 7) is 2.74. The van der Waals surface area contributed by atoms with Gasteiger partial charge in [0.25, 0.3) is 5.91 Å². The number of furan rings is 1. The van der Waals surface area contributed by atoms with Crippen LogP contribution in [0.2, 0.25) is 0 Å². The summed E-state index contributed by atoms with van der Waals surface area (Å²) in [5.74, 6) is 0.632. The normalized spacial score (nSPS) is 20.6. The van der Waals surface area contributed by atoms with Crippen LogP contribution in [0.4, 0.5) is 9.18 Å². The number of aromatic nitrogens is 1. The molecule has 1 aliphatic heterocycles. The number of hydrogen-bond acceptors (Lipinski definition) is 6. The summed E-state index contributed by atoms with van der Waals surface area (Å²) < 4.78 is 24.7. The number of nitrogens with zero attached hydrogens (tertiary/aromatic N) is 2. The van der Waals surface area contributed by atoms with E-state index in [1.807, 2.05) is 6.92 Å². The first-order valence-corrected chi connectivity index (χ1v) is 12.3. The van der Waals surface area contributed by atoms with E-state index in [0.29, 0.717) is 51.2 Å². The van der Waals surface area contributed by atoms with Gasteiger partial charge in [0.05, 0.1) is 27.6 Å². The smallest absolute Gasteiger partial charge is 0.412 e. The van der Waals surface area contributed by atoms with Gasteiger partial charge in [0.1, 0.15) is 22.8 Å². The molecular formula is C26H22FN3O4S. The fourth-order valence-electron chi connectivity index (χ4n) is 4.98. The van der Waals surface area contributed by atoms with E-state index in [-0.39, 0.29) is 24.3 Å². The summed E-state index contributed by atoms with van der Waals surface area (Å²) in [6, 6.07) is 13.1. The molecule has 0 bridgehead atoms. The van der Waals surface area contributed by atoms with E-state index in [4.69, 9.17) is 9.15 Å². The number of amides is 2. The molecule has 1 N–H and O–H groups in total. The summed E-state index contributed by atoms with van der Waals surface area (Å²) in [5, 5.41) is 4.28. The number of carbonyl (C=O) groups excluding carboxylic acids is 2. The highest BCUT2D eigenvalue weighted by Gasteiger charge is 2.54. The second kappa shape index (κ2) is 8.49. The van der Waals surface area contributed by atoms with Crippen molar-refractivity contribution in [2.24, 2.45) is 11.8 Å². The van der Waals surface area contributed by atoms with Crippen molar-refractivity contribution >= 4 is 34.3 Å². The Kier molecular flexibility index (Phi) is 5.29. The summed E-state index contributed by atoms with van der Waals surface area (Å²) in [6.07, 6.45) is 2.00. The van der Waals surface area contributed by atoms with Crippen molar-refractivity contribution in [3.63, 3.8) is 0 Å². The second-order valence-electron chi connectivity index (χ2n) is 8.96. The number of nitrogens with one attached hydrogen (secondary N) is 1. The molecule has 2 aromatic heterocycles. The van der Waals surface area contributed by atoms with Gasteiger partial charge in [0, 0.05) is 13.1 Å². The maximum atomic E-state index is 13.8. The van der Waals surface area contributed by atoms with E-state index in [0.717, 1.165) is 11.4 Å². The molecule has 3 heterocycles. The molecule has 2 aliphatic rings. The Morgan fingerprint density at radius 1 is 1.26 bits per heavy atom. The molecule has 0 spiro atoms. The predicted molar refractivity (Wildman–Crippen MR) is 129 cm³/mol. The molecule has 2 amide bonds. The van der Waals surface area contributed by atoms with Crippen LogP contribution in [-0.4, -0.2) is 41.0 Å². The lowest BCUT2D eigenvalue weighted by Gasteiger charge is -2.27. The lowest BCUT2D eigenvalue weighted by atomic mass is 10.1. The molecule has 1 saturated heterocycles. The molecule has 0 radical (unpaired) electrons. The van der Waals surface area contributed by atoms with Crippen LogP contribution in [0.3, 0.4) is 0 Å². The summed E-state index contributed by atoms with van der Waals surface area (Å²) >= 11 is 1.37. The van der Waals surface area contributed by atoms with Crippen LogP contribution in [0.1, 0.15) is 21.9 Å². The van der Waals surface area contributed by atoms with E-state index >= 15 is 0 Å². The van der Waals surface area contributed by atoms with Gasteiger partial charge in [-0.05, 0) is 61.1 Å². The molecule has 3 atom stereocenters. The number of likely N-dealkylation sites (tertiary alicyclic amines) is 1. The third-order valence-electron chi connectivity index (χ3n) is 6.70. The first-order valence-electron chi connectivity index (χ1n) is 11.4. The SMILES string of the molecule is Cc1nc(C(=O)N2C[C@H]3C[C@H]3[C@H]2CNC(=O)Oc2cccc3occc23)c(-c2cccc(F)c2)s1. The van der Waals surface area contributed by atoms with E-state index in [9.17, 15) is 14.0 Å². The minimum absolute atomic E-state index is 0.146. The van der Waals surface area contributed by atoms with Gasteiger partial charge in [-0.3, -0.25) is 4.79 Å². The molecular weight excluding hydrogens is 469 g/mol. The Labute approximate surface area is 204 Å². The first-order chi connectivity index (χ1) is 17.0. The molecule has 2 aromatic carbocycles. The van der Waals surface area contributed by atoms with Gasteiger partial charge in [-0.2, -0.15) is 0 Å². The third-order valence-corrected chi connectivity index (χ3v) is 7.72. The molecule has 178 valence electrons. The number of thiazole rings is 1. The highest BCUT2D eigenvalue weighted by atomic mass is 32.1. The molecule has 7 nitrogen and oxygen atoms in total. The van der Waals surface area contributed by atoms with Crippen LogP contribution in [0.5, 0.6) is 5.75 Å². The van der Waals surface area contributed by atoms with Crippen molar-refractivity contribution in [2.75, 3.05) is 13.1 Å². The number of piperidine rings is 1. The van der Waals surface area contributed by atoms with Gasteiger partial charge in [0.15, 0.2) is 0 Å². The zero-order chi connectivity index (χ0) is 24.1. The fourth-order valence-corrected chi connectivity index (χ4v) is 5.89. The summed E-state index contributed by atoms with van der Waals surface area (Å²) in [5.41, 5.74) is 1.60. The molecule has 1 saturated carbocycles. The molecule has 6 rings (SSSR count). The number of hydrogen-bond donors (Lipinski definition) is 1. The minimum Gasteiger partial charge on any atom is -0.464 e. The summed E-state index contributed by atoms with van der Waals surface area (Å²) in [4.78, 5) is 33.1. The van der Waals surface area contributed by atoms with Crippen LogP contribution < -0.4 is 10.1 Å². The zero-order valence-electron chi connectivity index (χ0n) is 18.9. The number of halogens is 1. The van der Waals surface area contributed by atoms with Crippen LogP contribution >= 0.6 is 11.3 Å². The number of benzene rings is 2. The van der Waals surface area contributed by atoms with Crippen molar-refractivity contribution in [1.82, 2.24) is 15.2 Å². The molecule has 1 aliphatic carbocycles. The number of carbonyl (C=O) groups is 2. The van der Waals surface area contributed by atoms with Crippen molar-refractivity contribution in [2.45, 2.75) is 19.4 Å². The maximum absolute atomic E-state index is 13.8. The fraction of sp³-hybridized carbons (Fsp3) is 0.269. The van der Waals surface area contributed by atoms with E-state index in [1.165, 1.54) is 23.5 Å². The Hall–Kier alpha value is -3.72. The van der Waals surface area contributed by atoms with Crippen LogP contribution in [-0.2, 0) is 0 Å². The largest absolute Gasteiger partial charge is 0.464 e. The molecule has 9 heteroatoms. The van der Waals surface area contributed by atoms with Crippen molar-refractivity contribution in [1.29, 1.82) is 0 Å². The second-order valence-corrected chi connectivity index (χ2v) is 10.2. The average molecular weight is 492 g/mol. The molecule has 35 heavy (non-hydrogen) atoms. The van der Waals surface area contributed by atoms with Gasteiger partial charge in [0.2, 0.25) is 0 Å². The van der Waals surface area contributed by atoms with E-state index < -0.39 is 6.09 Å². The lowest BCUT2D eigenvalue weighted by molar-refractivity contribution is 0.0700. The Bertz CT molecular complexity index is 1450. The van der Waals surface area contributed by atoms with E-state index in [1.54, 1.807) is 47.6 Å². The standard InChI is InChI=1S/C26H22FN3O4S/c1-14-29-23(24(35-14)15-4-2-5-17(27)10-15)25(31)30-13-16-11-19(16)20(30)12-28-26(32)34-22-7-3-6-21-18(22)8-9-33-21/h2-10,16,19-20H,11-13H2,1H3,(H,28,32)/t16-,19-,20-/m1/s1. The third kappa shape index (κ3) is 4.05. The average Bonchev–Trinajstić information content (AvgIpc) is 3.16.